The Morgan fingerprint density at radius 1 is 0.851 bits per heavy atom. The van der Waals surface area contributed by atoms with Crippen LogP contribution >= 0.6 is 11.6 Å². The first-order valence-electron chi connectivity index (χ1n) is 12.9. The molecule has 4 aromatic rings. The molecule has 0 atom stereocenters. The Morgan fingerprint density at radius 2 is 1.45 bits per heavy atom. The maximum absolute atomic E-state index is 11.5. The summed E-state index contributed by atoms with van der Waals surface area (Å²) in [6.45, 7) is 3.78. The summed E-state index contributed by atoms with van der Waals surface area (Å²) in [4.78, 5) is 14.9. The number of hydrogen-bond acceptors (Lipinski definition) is 10. The Labute approximate surface area is 318 Å². The number of nitrogens with zero attached hydrogens (tertiary/aromatic N) is 5. The number of aromatic carboxylic acids is 1. The number of carboxylic acids is 1. The number of nitrogens with one attached hydrogen (secondary N) is 1. The van der Waals surface area contributed by atoms with Crippen molar-refractivity contribution in [3.8, 4) is 11.5 Å². The van der Waals surface area contributed by atoms with Crippen molar-refractivity contribution in [2.75, 3.05) is 11.9 Å². The number of ether oxygens (including phenoxy) is 1. The van der Waals surface area contributed by atoms with Gasteiger partial charge in [-0.15, -0.1) is 0 Å². The Balaban J connectivity index is 0.00000384. The molecule has 2 radical (unpaired) electrons. The van der Waals surface area contributed by atoms with Crippen LogP contribution in [0.4, 0.5) is 34.1 Å². The minimum Gasteiger partial charge on any atom is -0.507 e. The van der Waals surface area contributed by atoms with Crippen molar-refractivity contribution < 1.29 is 37.8 Å². The number of amidine groups is 1. The average molecular weight is 699 g/mol. The SMILES string of the molecule is CCOc1cc(N=Nc2ccc(Cl)c(S(=O)(=O)O)c2)c(C)cc1N=C(O)Nc1ccc(N=Nc2ccc(O)c(C(=O)O)c2)cc1.[Na].[Na]. The van der Waals surface area contributed by atoms with Crippen LogP contribution in [0.3, 0.4) is 0 Å². The molecule has 0 saturated heterocycles. The van der Waals surface area contributed by atoms with E-state index in [1.54, 1.807) is 50.2 Å². The van der Waals surface area contributed by atoms with Gasteiger partial charge in [0.25, 0.3) is 16.1 Å². The number of aliphatic hydroxyl groups excluding tert-OH is 1. The van der Waals surface area contributed by atoms with E-state index in [-0.39, 0.29) is 99.2 Å². The predicted molar refractivity (Wildman–Crippen MR) is 178 cm³/mol. The van der Waals surface area contributed by atoms with Crippen molar-refractivity contribution in [2.24, 2.45) is 25.4 Å². The van der Waals surface area contributed by atoms with E-state index in [2.05, 4.69) is 30.8 Å². The molecule has 0 saturated carbocycles. The third kappa shape index (κ3) is 11.1. The van der Waals surface area contributed by atoms with Gasteiger partial charge in [0.1, 0.15) is 27.6 Å². The number of aryl methyl sites for hydroxylation is 1. The Kier molecular flexibility index (Phi) is 15.0. The molecule has 0 unspecified atom stereocenters. The molecule has 234 valence electrons. The number of aromatic hydroxyl groups is 1. The molecule has 47 heavy (non-hydrogen) atoms. The topological polar surface area (TPSA) is 215 Å². The molecule has 4 rings (SSSR count). The molecule has 0 aliphatic carbocycles. The molecular formula is C29H25ClN6Na2O8S. The summed E-state index contributed by atoms with van der Waals surface area (Å²) < 4.78 is 38.1. The zero-order chi connectivity index (χ0) is 32.7. The summed E-state index contributed by atoms with van der Waals surface area (Å²) >= 11 is 5.85. The van der Waals surface area contributed by atoms with Crippen molar-refractivity contribution in [1.82, 2.24) is 0 Å². The monoisotopic (exact) mass is 698 g/mol. The van der Waals surface area contributed by atoms with Crippen LogP contribution in [0.1, 0.15) is 22.8 Å². The van der Waals surface area contributed by atoms with Gasteiger partial charge in [-0.25, -0.2) is 4.79 Å². The van der Waals surface area contributed by atoms with Crippen LogP contribution in [0.15, 0.2) is 103 Å². The molecule has 4 aromatic carbocycles. The molecule has 14 nitrogen and oxygen atoms in total. The van der Waals surface area contributed by atoms with Crippen LogP contribution in [0.5, 0.6) is 11.5 Å². The van der Waals surface area contributed by atoms with Gasteiger partial charge in [-0.3, -0.25) is 4.55 Å². The third-order valence-corrected chi connectivity index (χ3v) is 7.22. The first kappa shape index (κ1) is 39.8. The number of rotatable bonds is 10. The van der Waals surface area contributed by atoms with Gasteiger partial charge in [0, 0.05) is 70.9 Å². The second-order valence-electron chi connectivity index (χ2n) is 9.14. The van der Waals surface area contributed by atoms with Crippen molar-refractivity contribution in [3.05, 3.63) is 88.9 Å². The maximum atomic E-state index is 11.5. The first-order chi connectivity index (χ1) is 21.3. The number of benzene rings is 4. The fraction of sp³-hybridized carbons (Fsp3) is 0.103. The molecule has 5 N–H and O–H groups in total. The number of phenols is 1. The number of halogens is 1. The Morgan fingerprint density at radius 3 is 2.09 bits per heavy atom. The van der Waals surface area contributed by atoms with Gasteiger partial charge in [0.05, 0.1) is 34.4 Å². The summed E-state index contributed by atoms with van der Waals surface area (Å²) in [5.41, 5.74) is 2.26. The second-order valence-corrected chi connectivity index (χ2v) is 10.9. The second kappa shape index (κ2) is 17.7. The molecule has 0 fully saturated rings. The van der Waals surface area contributed by atoms with E-state index in [0.717, 1.165) is 6.07 Å². The van der Waals surface area contributed by atoms with Crippen LogP contribution in [0.25, 0.3) is 0 Å². The number of carboxylic acid groups (broad SMARTS) is 1. The van der Waals surface area contributed by atoms with Gasteiger partial charge in [0.15, 0.2) is 0 Å². The van der Waals surface area contributed by atoms with Crippen molar-refractivity contribution >= 4 is 127 Å². The van der Waals surface area contributed by atoms with E-state index in [1.807, 2.05) is 0 Å². The van der Waals surface area contributed by atoms with Crippen LogP contribution in [0, 0.1) is 6.92 Å². The van der Waals surface area contributed by atoms with Crippen molar-refractivity contribution in [1.29, 1.82) is 0 Å². The minimum atomic E-state index is -4.55. The molecule has 0 heterocycles. The van der Waals surface area contributed by atoms with E-state index in [9.17, 15) is 28.0 Å². The van der Waals surface area contributed by atoms with Crippen molar-refractivity contribution in [3.63, 3.8) is 0 Å². The van der Waals surface area contributed by atoms with Crippen LogP contribution < -0.4 is 10.1 Å². The van der Waals surface area contributed by atoms with Gasteiger partial charge < -0.3 is 25.4 Å². The van der Waals surface area contributed by atoms with Gasteiger partial charge in [-0.1, -0.05) is 11.6 Å². The number of aliphatic hydroxyl groups is 1. The summed E-state index contributed by atoms with van der Waals surface area (Å²) in [7, 11) is -4.55. The van der Waals surface area contributed by atoms with Crippen LogP contribution in [0.2, 0.25) is 5.02 Å². The third-order valence-electron chi connectivity index (χ3n) is 5.88. The molecule has 0 aliphatic heterocycles. The normalized spacial score (nSPS) is 11.6. The first-order valence-corrected chi connectivity index (χ1v) is 14.7. The molecule has 0 aliphatic rings. The molecular weight excluding hydrogens is 674 g/mol. The van der Waals surface area contributed by atoms with Gasteiger partial charge in [-0.2, -0.15) is 33.9 Å². The Bertz CT molecular complexity index is 1960. The standard InChI is InChI=1S/C29H25ClN6O8S.2Na/c1-3-44-26-15-23(36-35-20-8-10-22(30)27(14-20)45(41,42)43)16(2)12-24(26)32-29(40)31-17-4-6-18(7-5-17)33-34-19-9-11-25(37)21(13-19)28(38)39;;/h4-15,37H,3H2,1-2H3,(H,38,39)(H2,31,32,40)(H,41,42,43);;. The number of anilines is 1. The fourth-order valence-corrected chi connectivity index (χ4v) is 4.74. The van der Waals surface area contributed by atoms with E-state index >= 15 is 0 Å². The number of aliphatic imine (C=N–C) groups is 1. The van der Waals surface area contributed by atoms with Crippen LogP contribution in [-0.2, 0) is 10.1 Å². The number of hydrogen-bond donors (Lipinski definition) is 5. The summed E-state index contributed by atoms with van der Waals surface area (Å²) in [6, 6.07) is 16.8. The van der Waals surface area contributed by atoms with Crippen molar-refractivity contribution in [2.45, 2.75) is 18.7 Å². The smallest absolute Gasteiger partial charge is 0.339 e. The molecule has 0 spiro atoms. The van der Waals surface area contributed by atoms with E-state index in [1.165, 1.54) is 30.3 Å². The van der Waals surface area contributed by atoms with Gasteiger partial charge in [0.2, 0.25) is 0 Å². The van der Waals surface area contributed by atoms with Gasteiger partial charge >= 0.3 is 5.97 Å². The Hall–Kier alpha value is -3.38. The van der Waals surface area contributed by atoms with Gasteiger partial charge in [-0.05, 0) is 86.1 Å². The fourth-order valence-electron chi connectivity index (χ4n) is 3.75. The molecule has 0 aromatic heterocycles. The number of azo groups is 2. The molecule has 0 amide bonds. The number of carbonyl (C=O) groups is 1. The van der Waals surface area contributed by atoms with E-state index in [0.29, 0.717) is 28.3 Å². The van der Waals surface area contributed by atoms with Crippen LogP contribution in [-0.4, -0.2) is 106 Å². The molecule has 0 bridgehead atoms. The average Bonchev–Trinajstić information content (AvgIpc) is 2.98. The summed E-state index contributed by atoms with van der Waals surface area (Å²) in [5, 5.41) is 48.1. The summed E-state index contributed by atoms with van der Waals surface area (Å²) in [5.74, 6) is -1.38. The molecule has 18 heteroatoms. The maximum Gasteiger partial charge on any atom is 0.339 e. The van der Waals surface area contributed by atoms with E-state index in [4.69, 9.17) is 21.4 Å². The minimum absolute atomic E-state index is 0. The predicted octanol–water partition coefficient (Wildman–Crippen LogP) is 7.42. The quantitative estimate of drug-likeness (QED) is 0.0365. The summed E-state index contributed by atoms with van der Waals surface area (Å²) in [6.07, 6.45) is 0. The van der Waals surface area contributed by atoms with E-state index < -0.39 is 27.0 Å². The zero-order valence-corrected chi connectivity index (χ0v) is 31.2. The zero-order valence-electron chi connectivity index (χ0n) is 25.6. The largest absolute Gasteiger partial charge is 0.507 e.